The minimum atomic E-state index is -0.478. The molecule has 0 aromatic carbocycles. The van der Waals surface area contributed by atoms with Crippen molar-refractivity contribution in [3.05, 3.63) is 33.7 Å². The van der Waals surface area contributed by atoms with Crippen molar-refractivity contribution in [3.8, 4) is 0 Å². The lowest BCUT2D eigenvalue weighted by molar-refractivity contribution is -0.00485. The molecule has 1 spiro atoms. The SMILES string of the molecule is O=C1OC2(CCCC2)c2ccn(C3CC3)c(=O)c21. The number of nitrogens with zero attached hydrogens (tertiary/aromatic N) is 1. The van der Waals surface area contributed by atoms with Gasteiger partial charge in [0.1, 0.15) is 11.2 Å². The fourth-order valence-corrected chi connectivity index (χ4v) is 3.37. The number of hydrogen-bond donors (Lipinski definition) is 0. The third-order valence-corrected chi connectivity index (χ3v) is 4.45. The molecule has 2 heterocycles. The van der Waals surface area contributed by atoms with Gasteiger partial charge < -0.3 is 9.30 Å². The minimum absolute atomic E-state index is 0.149. The zero-order valence-corrected chi connectivity index (χ0v) is 10.1. The minimum Gasteiger partial charge on any atom is -0.450 e. The van der Waals surface area contributed by atoms with Gasteiger partial charge >= 0.3 is 5.97 Å². The molecule has 0 bridgehead atoms. The Morgan fingerprint density at radius 1 is 1.22 bits per heavy atom. The number of ether oxygens (including phenoxy) is 1. The average molecular weight is 245 g/mol. The standard InChI is InChI=1S/C14H15NO3/c16-12-11-10(5-8-15(12)9-3-4-9)14(18-13(11)17)6-1-2-7-14/h5,8-9H,1-4,6-7H2. The lowest BCUT2D eigenvalue weighted by atomic mass is 9.92. The molecule has 3 aliphatic rings. The molecule has 1 aromatic heterocycles. The van der Waals surface area contributed by atoms with Crippen LogP contribution < -0.4 is 5.56 Å². The van der Waals surface area contributed by atoms with Gasteiger partial charge in [0.25, 0.3) is 5.56 Å². The Morgan fingerprint density at radius 2 is 1.94 bits per heavy atom. The second kappa shape index (κ2) is 3.25. The average Bonchev–Trinajstić information content (AvgIpc) is 3.02. The zero-order valence-electron chi connectivity index (χ0n) is 10.1. The van der Waals surface area contributed by atoms with Crippen LogP contribution in [0, 0.1) is 0 Å². The molecule has 94 valence electrons. The quantitative estimate of drug-likeness (QED) is 0.712. The van der Waals surface area contributed by atoms with Gasteiger partial charge in [0, 0.05) is 17.8 Å². The van der Waals surface area contributed by atoms with E-state index in [0.717, 1.165) is 44.1 Å². The largest absolute Gasteiger partial charge is 0.450 e. The van der Waals surface area contributed by atoms with Crippen LogP contribution >= 0.6 is 0 Å². The predicted molar refractivity (Wildman–Crippen MR) is 64.5 cm³/mol. The van der Waals surface area contributed by atoms with Crippen LogP contribution in [0.15, 0.2) is 17.1 Å². The molecule has 4 nitrogen and oxygen atoms in total. The monoisotopic (exact) mass is 245 g/mol. The molecule has 4 rings (SSSR count). The van der Waals surface area contributed by atoms with Crippen molar-refractivity contribution in [1.82, 2.24) is 4.57 Å². The molecule has 18 heavy (non-hydrogen) atoms. The van der Waals surface area contributed by atoms with E-state index < -0.39 is 11.6 Å². The fourth-order valence-electron chi connectivity index (χ4n) is 3.37. The molecule has 4 heteroatoms. The van der Waals surface area contributed by atoms with Gasteiger partial charge in [-0.25, -0.2) is 4.79 Å². The predicted octanol–water partition coefficient (Wildman–Crippen LogP) is 2.12. The molecular formula is C14H15NO3. The van der Waals surface area contributed by atoms with Crippen LogP contribution in [-0.2, 0) is 10.3 Å². The Balaban J connectivity index is 1.92. The highest BCUT2D eigenvalue weighted by molar-refractivity contribution is 5.94. The van der Waals surface area contributed by atoms with Gasteiger partial charge in [0.2, 0.25) is 0 Å². The van der Waals surface area contributed by atoms with E-state index in [-0.39, 0.29) is 5.56 Å². The van der Waals surface area contributed by atoms with Crippen LogP contribution in [0.4, 0.5) is 0 Å². The van der Waals surface area contributed by atoms with Crippen molar-refractivity contribution in [1.29, 1.82) is 0 Å². The summed E-state index contributed by atoms with van der Waals surface area (Å²) in [6.07, 6.45) is 7.78. The zero-order chi connectivity index (χ0) is 12.3. The Morgan fingerprint density at radius 3 is 2.61 bits per heavy atom. The molecule has 1 aromatic rings. The molecule has 0 atom stereocenters. The first-order valence-electron chi connectivity index (χ1n) is 6.70. The molecule has 1 aliphatic heterocycles. The Bertz CT molecular complexity index is 592. The maximum Gasteiger partial charge on any atom is 0.345 e. The van der Waals surface area contributed by atoms with Crippen LogP contribution in [0.3, 0.4) is 0 Å². The molecule has 0 N–H and O–H groups in total. The van der Waals surface area contributed by atoms with Crippen LogP contribution in [-0.4, -0.2) is 10.5 Å². The summed E-state index contributed by atoms with van der Waals surface area (Å²) in [6.45, 7) is 0. The van der Waals surface area contributed by atoms with E-state index in [1.165, 1.54) is 0 Å². The third kappa shape index (κ3) is 1.21. The van der Waals surface area contributed by atoms with E-state index in [1.54, 1.807) is 4.57 Å². The number of pyridine rings is 1. The van der Waals surface area contributed by atoms with Crippen molar-refractivity contribution in [2.24, 2.45) is 0 Å². The van der Waals surface area contributed by atoms with Crippen molar-refractivity contribution in [2.45, 2.75) is 50.2 Å². The maximum absolute atomic E-state index is 12.4. The molecule has 2 fully saturated rings. The Kier molecular flexibility index (Phi) is 1.87. The van der Waals surface area contributed by atoms with Gasteiger partial charge in [-0.2, -0.15) is 0 Å². The van der Waals surface area contributed by atoms with Crippen molar-refractivity contribution >= 4 is 5.97 Å². The molecule has 0 radical (unpaired) electrons. The van der Waals surface area contributed by atoms with E-state index in [9.17, 15) is 9.59 Å². The summed E-state index contributed by atoms with van der Waals surface area (Å²) in [5.41, 5.74) is 0.510. The summed E-state index contributed by atoms with van der Waals surface area (Å²) in [6, 6.07) is 2.24. The number of aromatic nitrogens is 1. The summed E-state index contributed by atoms with van der Waals surface area (Å²) >= 11 is 0. The number of fused-ring (bicyclic) bond motifs is 2. The number of rotatable bonds is 1. The fraction of sp³-hybridized carbons (Fsp3) is 0.571. The third-order valence-electron chi connectivity index (χ3n) is 4.45. The first-order chi connectivity index (χ1) is 8.71. The summed E-state index contributed by atoms with van der Waals surface area (Å²) in [7, 11) is 0. The lowest BCUT2D eigenvalue weighted by Gasteiger charge is -2.22. The highest BCUT2D eigenvalue weighted by Gasteiger charge is 2.49. The summed E-state index contributed by atoms with van der Waals surface area (Å²) in [5.74, 6) is -0.410. The second-order valence-electron chi connectivity index (χ2n) is 5.64. The van der Waals surface area contributed by atoms with Gasteiger partial charge in [-0.1, -0.05) is 0 Å². The van der Waals surface area contributed by atoms with Crippen molar-refractivity contribution < 1.29 is 9.53 Å². The Hall–Kier alpha value is -1.58. The Labute approximate surface area is 105 Å². The number of hydrogen-bond acceptors (Lipinski definition) is 3. The topological polar surface area (TPSA) is 48.3 Å². The first-order valence-corrected chi connectivity index (χ1v) is 6.70. The molecule has 2 saturated carbocycles. The van der Waals surface area contributed by atoms with Crippen LogP contribution in [0.5, 0.6) is 0 Å². The van der Waals surface area contributed by atoms with Gasteiger partial charge in [-0.15, -0.1) is 0 Å². The van der Waals surface area contributed by atoms with Crippen molar-refractivity contribution in [3.63, 3.8) is 0 Å². The molecular weight excluding hydrogens is 230 g/mol. The van der Waals surface area contributed by atoms with Gasteiger partial charge in [0.05, 0.1) is 0 Å². The smallest absolute Gasteiger partial charge is 0.345 e. The van der Waals surface area contributed by atoms with Gasteiger partial charge in [-0.3, -0.25) is 4.79 Å². The van der Waals surface area contributed by atoms with E-state index in [0.29, 0.717) is 11.6 Å². The summed E-state index contributed by atoms with van der Waals surface area (Å²) < 4.78 is 7.27. The number of carbonyl (C=O) groups excluding carboxylic acids is 1. The molecule has 0 amide bonds. The van der Waals surface area contributed by atoms with E-state index in [2.05, 4.69) is 0 Å². The van der Waals surface area contributed by atoms with E-state index in [4.69, 9.17) is 4.74 Å². The van der Waals surface area contributed by atoms with Crippen LogP contribution in [0.25, 0.3) is 0 Å². The van der Waals surface area contributed by atoms with Crippen molar-refractivity contribution in [2.75, 3.05) is 0 Å². The maximum atomic E-state index is 12.4. The molecule has 2 aliphatic carbocycles. The molecule has 0 saturated heterocycles. The number of carbonyl (C=O) groups is 1. The van der Waals surface area contributed by atoms with Gasteiger partial charge in [0.15, 0.2) is 0 Å². The first kappa shape index (κ1) is 10.4. The van der Waals surface area contributed by atoms with E-state index in [1.807, 2.05) is 12.3 Å². The molecule has 0 unspecified atom stereocenters. The van der Waals surface area contributed by atoms with Crippen LogP contribution in [0.2, 0.25) is 0 Å². The highest BCUT2D eigenvalue weighted by atomic mass is 16.6. The van der Waals surface area contributed by atoms with E-state index >= 15 is 0 Å². The van der Waals surface area contributed by atoms with Crippen LogP contribution in [0.1, 0.15) is 60.5 Å². The van der Waals surface area contributed by atoms with Gasteiger partial charge in [-0.05, 0) is 44.6 Å². The second-order valence-corrected chi connectivity index (χ2v) is 5.64. The lowest BCUT2D eigenvalue weighted by Crippen LogP contribution is -2.25. The number of esters is 1. The highest BCUT2D eigenvalue weighted by Crippen LogP contribution is 2.47. The summed E-state index contributed by atoms with van der Waals surface area (Å²) in [4.78, 5) is 24.4. The summed E-state index contributed by atoms with van der Waals surface area (Å²) in [5, 5.41) is 0. The normalized spacial score (nSPS) is 24.3.